The first-order valence-electron chi connectivity index (χ1n) is 9.53. The molecule has 0 bridgehead atoms. The second-order valence-corrected chi connectivity index (χ2v) is 7.01. The standard InChI is InChI=1S/C20H23ClFN5O3/c1-14(26-15-11-24-20(25-12-15)27-8-2-3-9-30-27)6-7-23-19(28)13-29-16-4-5-17(21)18(22)10-16/h4-5,10-12,26H,1-3,6-9,13H2,(H,23,28). The third-order valence-electron chi connectivity index (χ3n) is 4.20. The number of carbonyl (C=O) groups is 1. The van der Waals surface area contributed by atoms with Gasteiger partial charge in [0.05, 0.1) is 29.7 Å². The van der Waals surface area contributed by atoms with Gasteiger partial charge in [0, 0.05) is 31.3 Å². The number of amides is 1. The Morgan fingerprint density at radius 3 is 2.83 bits per heavy atom. The molecule has 160 valence electrons. The van der Waals surface area contributed by atoms with Crippen molar-refractivity contribution in [1.82, 2.24) is 15.3 Å². The van der Waals surface area contributed by atoms with Crippen LogP contribution in [-0.4, -0.2) is 42.2 Å². The molecule has 0 atom stereocenters. The minimum Gasteiger partial charge on any atom is -0.484 e. The molecule has 1 aliphatic rings. The number of hydroxylamine groups is 1. The number of rotatable bonds is 9. The van der Waals surface area contributed by atoms with Gasteiger partial charge in [0.25, 0.3) is 5.91 Å². The summed E-state index contributed by atoms with van der Waals surface area (Å²) in [4.78, 5) is 26.0. The van der Waals surface area contributed by atoms with Gasteiger partial charge in [0.2, 0.25) is 5.95 Å². The van der Waals surface area contributed by atoms with E-state index in [-0.39, 0.29) is 23.3 Å². The van der Waals surface area contributed by atoms with Gasteiger partial charge in [-0.3, -0.25) is 9.63 Å². The third kappa shape index (κ3) is 6.57. The zero-order valence-electron chi connectivity index (χ0n) is 16.4. The Hall–Kier alpha value is -2.91. The molecule has 0 saturated carbocycles. The van der Waals surface area contributed by atoms with Gasteiger partial charge < -0.3 is 15.4 Å². The van der Waals surface area contributed by atoms with Crippen LogP contribution in [0, 0.1) is 5.82 Å². The number of anilines is 2. The number of benzene rings is 1. The molecular weight excluding hydrogens is 413 g/mol. The highest BCUT2D eigenvalue weighted by Crippen LogP contribution is 2.20. The van der Waals surface area contributed by atoms with E-state index in [9.17, 15) is 9.18 Å². The second-order valence-electron chi connectivity index (χ2n) is 6.61. The van der Waals surface area contributed by atoms with Crippen LogP contribution in [0.3, 0.4) is 0 Å². The maximum Gasteiger partial charge on any atom is 0.257 e. The van der Waals surface area contributed by atoms with Gasteiger partial charge in [0.1, 0.15) is 11.6 Å². The average molecular weight is 436 g/mol. The Balaban J connectivity index is 1.35. The van der Waals surface area contributed by atoms with Gasteiger partial charge in [-0.15, -0.1) is 0 Å². The molecule has 1 saturated heterocycles. The van der Waals surface area contributed by atoms with Crippen LogP contribution in [0.5, 0.6) is 5.75 Å². The summed E-state index contributed by atoms with van der Waals surface area (Å²) in [7, 11) is 0. The molecule has 1 aromatic carbocycles. The lowest BCUT2D eigenvalue weighted by Gasteiger charge is -2.25. The molecule has 2 heterocycles. The van der Waals surface area contributed by atoms with E-state index in [1.165, 1.54) is 12.1 Å². The van der Waals surface area contributed by atoms with E-state index in [2.05, 4.69) is 27.2 Å². The molecule has 1 aliphatic heterocycles. The lowest BCUT2D eigenvalue weighted by atomic mass is 10.3. The second kappa shape index (κ2) is 10.7. The molecule has 0 radical (unpaired) electrons. The van der Waals surface area contributed by atoms with Gasteiger partial charge in [-0.25, -0.2) is 19.4 Å². The number of hydrogen-bond donors (Lipinski definition) is 2. The van der Waals surface area contributed by atoms with Crippen molar-refractivity contribution in [2.24, 2.45) is 0 Å². The summed E-state index contributed by atoms with van der Waals surface area (Å²) in [6.07, 6.45) is 5.90. The van der Waals surface area contributed by atoms with Crippen LogP contribution in [0.2, 0.25) is 5.02 Å². The van der Waals surface area contributed by atoms with Crippen LogP contribution in [0.25, 0.3) is 0 Å². The van der Waals surface area contributed by atoms with Gasteiger partial charge in [-0.05, 0) is 25.0 Å². The molecule has 3 rings (SSSR count). The first-order valence-corrected chi connectivity index (χ1v) is 9.91. The lowest BCUT2D eigenvalue weighted by Crippen LogP contribution is -2.31. The maximum absolute atomic E-state index is 13.3. The normalized spacial score (nSPS) is 13.6. The van der Waals surface area contributed by atoms with Gasteiger partial charge in [0.15, 0.2) is 6.61 Å². The molecule has 1 amide bonds. The first-order chi connectivity index (χ1) is 14.5. The largest absolute Gasteiger partial charge is 0.484 e. The van der Waals surface area contributed by atoms with Crippen LogP contribution in [0.1, 0.15) is 19.3 Å². The molecule has 0 unspecified atom stereocenters. The number of hydrogen-bond acceptors (Lipinski definition) is 7. The summed E-state index contributed by atoms with van der Waals surface area (Å²) in [6.45, 7) is 5.52. The van der Waals surface area contributed by atoms with E-state index >= 15 is 0 Å². The van der Waals surface area contributed by atoms with E-state index in [4.69, 9.17) is 21.2 Å². The van der Waals surface area contributed by atoms with Crippen LogP contribution in [-0.2, 0) is 9.63 Å². The number of nitrogens with one attached hydrogen (secondary N) is 2. The van der Waals surface area contributed by atoms with Crippen molar-refractivity contribution < 1.29 is 18.8 Å². The molecule has 8 nitrogen and oxygen atoms in total. The van der Waals surface area contributed by atoms with E-state index in [1.807, 2.05) is 0 Å². The van der Waals surface area contributed by atoms with E-state index in [0.717, 1.165) is 25.5 Å². The minimum absolute atomic E-state index is 0.00215. The summed E-state index contributed by atoms with van der Waals surface area (Å²) in [5.41, 5.74) is 1.39. The average Bonchev–Trinajstić information content (AvgIpc) is 2.76. The van der Waals surface area contributed by atoms with Crippen molar-refractivity contribution in [3.05, 3.63) is 53.7 Å². The quantitative estimate of drug-likeness (QED) is 0.624. The Kier molecular flexibility index (Phi) is 7.81. The first kappa shape index (κ1) is 21.8. The molecule has 1 fully saturated rings. The van der Waals surface area contributed by atoms with Gasteiger partial charge in [-0.2, -0.15) is 0 Å². The molecule has 1 aromatic heterocycles. The van der Waals surface area contributed by atoms with Crippen molar-refractivity contribution >= 4 is 29.1 Å². The fourth-order valence-electron chi connectivity index (χ4n) is 2.66. The number of aromatic nitrogens is 2. The Morgan fingerprint density at radius 2 is 2.13 bits per heavy atom. The SMILES string of the molecule is C=C(CCNC(=O)COc1ccc(Cl)c(F)c1)Nc1cnc(N2CCCCO2)nc1. The lowest BCUT2D eigenvalue weighted by molar-refractivity contribution is -0.123. The smallest absolute Gasteiger partial charge is 0.257 e. The summed E-state index contributed by atoms with van der Waals surface area (Å²) < 4.78 is 18.6. The molecule has 10 heteroatoms. The van der Waals surface area contributed by atoms with E-state index in [1.54, 1.807) is 17.5 Å². The molecule has 0 spiro atoms. The zero-order chi connectivity index (χ0) is 21.3. The number of carbonyl (C=O) groups excluding carboxylic acids is 1. The fraction of sp³-hybridized carbons (Fsp3) is 0.350. The van der Waals surface area contributed by atoms with Crippen molar-refractivity contribution in [2.45, 2.75) is 19.3 Å². The highest BCUT2D eigenvalue weighted by atomic mass is 35.5. The van der Waals surface area contributed by atoms with Crippen LogP contribution in [0.4, 0.5) is 16.0 Å². The molecule has 30 heavy (non-hydrogen) atoms. The van der Waals surface area contributed by atoms with Crippen molar-refractivity contribution in [1.29, 1.82) is 0 Å². The third-order valence-corrected chi connectivity index (χ3v) is 4.50. The molecule has 2 N–H and O–H groups in total. The Bertz CT molecular complexity index is 875. The highest BCUT2D eigenvalue weighted by molar-refractivity contribution is 6.30. The van der Waals surface area contributed by atoms with Gasteiger partial charge >= 0.3 is 0 Å². The van der Waals surface area contributed by atoms with E-state index in [0.29, 0.717) is 36.9 Å². The van der Waals surface area contributed by atoms with Crippen molar-refractivity contribution in [3.8, 4) is 5.75 Å². The molecular formula is C20H23ClFN5O3. The van der Waals surface area contributed by atoms with E-state index < -0.39 is 5.82 Å². The maximum atomic E-state index is 13.3. The van der Waals surface area contributed by atoms with Crippen LogP contribution < -0.4 is 20.4 Å². The highest BCUT2D eigenvalue weighted by Gasteiger charge is 2.14. The number of halogens is 2. The monoisotopic (exact) mass is 435 g/mol. The Morgan fingerprint density at radius 1 is 1.33 bits per heavy atom. The minimum atomic E-state index is -0.600. The van der Waals surface area contributed by atoms with Crippen LogP contribution >= 0.6 is 11.6 Å². The number of ether oxygens (including phenoxy) is 1. The summed E-state index contributed by atoms with van der Waals surface area (Å²) in [5, 5.41) is 7.50. The van der Waals surface area contributed by atoms with Crippen molar-refractivity contribution in [2.75, 3.05) is 36.7 Å². The summed E-state index contributed by atoms with van der Waals surface area (Å²) >= 11 is 5.60. The van der Waals surface area contributed by atoms with Crippen molar-refractivity contribution in [3.63, 3.8) is 0 Å². The fourth-order valence-corrected chi connectivity index (χ4v) is 2.77. The topological polar surface area (TPSA) is 88.6 Å². The predicted octanol–water partition coefficient (Wildman–Crippen LogP) is 3.31. The molecule has 0 aliphatic carbocycles. The predicted molar refractivity (Wildman–Crippen MR) is 112 cm³/mol. The molecule has 2 aromatic rings. The Labute approximate surface area is 179 Å². The van der Waals surface area contributed by atoms with Gasteiger partial charge in [-0.1, -0.05) is 18.2 Å². The number of nitrogens with zero attached hydrogens (tertiary/aromatic N) is 3. The zero-order valence-corrected chi connectivity index (χ0v) is 17.1. The summed E-state index contributed by atoms with van der Waals surface area (Å²) in [6, 6.07) is 4.00. The summed E-state index contributed by atoms with van der Waals surface area (Å²) in [5.74, 6) is -0.167. The van der Waals surface area contributed by atoms with Crippen LogP contribution in [0.15, 0.2) is 42.9 Å².